The summed E-state index contributed by atoms with van der Waals surface area (Å²) in [5.74, 6) is -3.24. The molecule has 0 aliphatic heterocycles. The number of aromatic hydroxyl groups is 2. The molecule has 0 amide bonds. The summed E-state index contributed by atoms with van der Waals surface area (Å²) in [6.45, 7) is 2.40. The van der Waals surface area contributed by atoms with E-state index in [0.29, 0.717) is 10.8 Å². The molecule has 0 spiro atoms. The average molecular weight is 557 g/mol. The number of carbonyl (C=O) groups is 4. The van der Waals surface area contributed by atoms with E-state index in [1.807, 2.05) is 0 Å². The molecule has 0 bridgehead atoms. The lowest BCUT2D eigenvalue weighted by molar-refractivity contribution is -0.132. The zero-order chi connectivity index (χ0) is 29.4. The van der Waals surface area contributed by atoms with Crippen molar-refractivity contribution in [3.63, 3.8) is 0 Å². The van der Waals surface area contributed by atoms with E-state index in [1.165, 1.54) is 26.0 Å². The number of hydrogen-bond donors (Lipinski definition) is 2. The van der Waals surface area contributed by atoms with Crippen LogP contribution < -0.4 is 9.47 Å². The lowest BCUT2D eigenvalue weighted by Crippen LogP contribution is -2.22. The predicted octanol–water partition coefficient (Wildman–Crippen LogP) is 6.34. The number of fused-ring (bicyclic) bond motifs is 9. The third kappa shape index (κ3) is 3.29. The highest BCUT2D eigenvalue weighted by molar-refractivity contribution is 6.42. The molecular weight excluding hydrogens is 536 g/mol. The minimum absolute atomic E-state index is 0.0175. The Morgan fingerprint density at radius 1 is 0.524 bits per heavy atom. The maximum atomic E-state index is 14.3. The maximum absolute atomic E-state index is 14.3. The van der Waals surface area contributed by atoms with Gasteiger partial charge in [-0.15, -0.1) is 0 Å². The first-order valence-corrected chi connectivity index (χ1v) is 13.1. The summed E-state index contributed by atoms with van der Waals surface area (Å²) >= 11 is 0. The smallest absolute Gasteiger partial charge is 0.308 e. The van der Waals surface area contributed by atoms with Crippen LogP contribution in [-0.4, -0.2) is 33.7 Å². The topological polar surface area (TPSA) is 127 Å². The second-order valence-corrected chi connectivity index (χ2v) is 10.1. The Morgan fingerprint density at radius 3 is 1.21 bits per heavy atom. The molecule has 0 unspecified atom stereocenters. The summed E-state index contributed by atoms with van der Waals surface area (Å²) < 4.78 is 11.4. The van der Waals surface area contributed by atoms with Gasteiger partial charge >= 0.3 is 11.9 Å². The molecule has 1 aliphatic carbocycles. The van der Waals surface area contributed by atoms with Crippen LogP contribution in [0.3, 0.4) is 0 Å². The standard InChI is InChI=1S/C34H20O8/c1-15(35)41-33-21-13-7-5-11-19(21)31(39)25-26-28(34(42-16(2)36)22-14-8-6-12-20(22)32(26)40)24-23(27(25)33)29(37)17-9-3-4-10-18(17)30(24)38/h3-14,39-40H,1-2H3. The van der Waals surface area contributed by atoms with Gasteiger partial charge in [0.15, 0.2) is 11.6 Å². The molecule has 0 saturated heterocycles. The van der Waals surface area contributed by atoms with Crippen molar-refractivity contribution in [1.29, 1.82) is 0 Å². The second-order valence-electron chi connectivity index (χ2n) is 10.1. The van der Waals surface area contributed by atoms with E-state index in [0.717, 1.165) is 0 Å². The molecule has 2 N–H and O–H groups in total. The number of rotatable bonds is 2. The van der Waals surface area contributed by atoms with Crippen molar-refractivity contribution < 1.29 is 38.9 Å². The number of carbonyl (C=O) groups excluding carboxylic acids is 4. The fourth-order valence-electron chi connectivity index (χ4n) is 6.09. The Kier molecular flexibility index (Phi) is 5.33. The number of phenols is 2. The zero-order valence-corrected chi connectivity index (χ0v) is 22.3. The van der Waals surface area contributed by atoms with Gasteiger partial charge < -0.3 is 19.7 Å². The number of hydrogen-bond acceptors (Lipinski definition) is 8. The molecule has 0 atom stereocenters. The second kappa shape index (κ2) is 8.87. The van der Waals surface area contributed by atoms with Gasteiger partial charge in [0.25, 0.3) is 0 Å². The first-order valence-electron chi connectivity index (χ1n) is 13.1. The van der Waals surface area contributed by atoms with Gasteiger partial charge in [-0.3, -0.25) is 19.2 Å². The van der Waals surface area contributed by atoms with Gasteiger partial charge in [-0.25, -0.2) is 0 Å². The fourth-order valence-corrected chi connectivity index (χ4v) is 6.09. The normalized spacial score (nSPS) is 12.5. The Balaban J connectivity index is 1.89. The summed E-state index contributed by atoms with van der Waals surface area (Å²) in [5.41, 5.74) is -0.0320. The monoisotopic (exact) mass is 556 g/mol. The molecule has 0 radical (unpaired) electrons. The van der Waals surface area contributed by atoms with Gasteiger partial charge in [-0.1, -0.05) is 72.8 Å². The van der Waals surface area contributed by atoms with E-state index in [-0.39, 0.29) is 77.6 Å². The van der Waals surface area contributed by atoms with Crippen molar-refractivity contribution >= 4 is 66.6 Å². The quantitative estimate of drug-likeness (QED) is 0.109. The highest BCUT2D eigenvalue weighted by Gasteiger charge is 2.38. The summed E-state index contributed by atoms with van der Waals surface area (Å²) in [5, 5.41) is 24.8. The third-order valence-corrected chi connectivity index (χ3v) is 7.64. The number of phenolic OH excluding ortho intramolecular Hbond substituents is 2. The van der Waals surface area contributed by atoms with E-state index in [1.54, 1.807) is 60.7 Å². The van der Waals surface area contributed by atoms with E-state index >= 15 is 0 Å². The summed E-state index contributed by atoms with van der Waals surface area (Å²) in [6, 6.07) is 19.5. The van der Waals surface area contributed by atoms with Gasteiger partial charge in [0.05, 0.1) is 0 Å². The minimum atomic E-state index is -0.695. The Morgan fingerprint density at radius 2 is 0.857 bits per heavy atom. The van der Waals surface area contributed by atoms with Crippen LogP contribution in [0.15, 0.2) is 72.8 Å². The molecule has 0 aromatic heterocycles. The number of esters is 2. The first kappa shape index (κ1) is 25.2. The lowest BCUT2D eigenvalue weighted by Gasteiger charge is -2.26. The molecule has 6 aromatic carbocycles. The third-order valence-electron chi connectivity index (χ3n) is 7.64. The first-order chi connectivity index (χ1) is 20.2. The molecule has 0 saturated carbocycles. The summed E-state index contributed by atoms with van der Waals surface area (Å²) in [7, 11) is 0. The largest absolute Gasteiger partial charge is 0.507 e. The van der Waals surface area contributed by atoms with Gasteiger partial charge in [0, 0.05) is 79.2 Å². The van der Waals surface area contributed by atoms with Crippen LogP contribution in [0.4, 0.5) is 0 Å². The van der Waals surface area contributed by atoms with Crippen LogP contribution >= 0.6 is 0 Å². The van der Waals surface area contributed by atoms with Crippen molar-refractivity contribution in [2.24, 2.45) is 0 Å². The van der Waals surface area contributed by atoms with Crippen LogP contribution in [0.2, 0.25) is 0 Å². The van der Waals surface area contributed by atoms with Gasteiger partial charge in [-0.05, 0) is 0 Å². The molecule has 42 heavy (non-hydrogen) atoms. The SMILES string of the molecule is CC(=O)Oc1c2ccccc2c(O)c2c1c1c(c3c(OC(C)=O)c4ccccc4c(O)c32)C(=O)c2ccccc2C1=O. The highest BCUT2D eigenvalue weighted by Crippen LogP contribution is 2.55. The molecule has 7 rings (SSSR count). The molecule has 8 nitrogen and oxygen atoms in total. The van der Waals surface area contributed by atoms with Crippen LogP contribution in [-0.2, 0) is 9.59 Å². The molecule has 8 heteroatoms. The van der Waals surface area contributed by atoms with E-state index in [2.05, 4.69) is 0 Å². The van der Waals surface area contributed by atoms with Crippen LogP contribution in [0.1, 0.15) is 45.7 Å². The zero-order valence-electron chi connectivity index (χ0n) is 22.3. The van der Waals surface area contributed by atoms with E-state index < -0.39 is 23.5 Å². The minimum Gasteiger partial charge on any atom is -0.507 e. The Bertz CT molecular complexity index is 2100. The molecule has 204 valence electrons. The van der Waals surface area contributed by atoms with Crippen LogP contribution in [0.5, 0.6) is 23.0 Å². The molecule has 6 aromatic rings. The van der Waals surface area contributed by atoms with Crippen molar-refractivity contribution in [2.45, 2.75) is 13.8 Å². The van der Waals surface area contributed by atoms with Crippen molar-refractivity contribution in [2.75, 3.05) is 0 Å². The lowest BCUT2D eigenvalue weighted by atomic mass is 9.77. The summed E-state index contributed by atoms with van der Waals surface area (Å²) in [6.07, 6.45) is 0. The Hall–Kier alpha value is -5.76. The van der Waals surface area contributed by atoms with E-state index in [9.17, 15) is 29.4 Å². The molecule has 1 aliphatic rings. The number of ether oxygens (including phenoxy) is 2. The number of ketones is 2. The fraction of sp³-hybridized carbons (Fsp3) is 0.0588. The summed E-state index contributed by atoms with van der Waals surface area (Å²) in [4.78, 5) is 53.5. The number of benzene rings is 6. The van der Waals surface area contributed by atoms with Crippen LogP contribution in [0, 0.1) is 0 Å². The predicted molar refractivity (Wildman–Crippen MR) is 156 cm³/mol. The van der Waals surface area contributed by atoms with Gasteiger partial charge in [0.2, 0.25) is 0 Å². The molecule has 0 heterocycles. The van der Waals surface area contributed by atoms with Gasteiger partial charge in [-0.2, -0.15) is 0 Å². The van der Waals surface area contributed by atoms with Crippen molar-refractivity contribution in [3.05, 3.63) is 95.1 Å². The van der Waals surface area contributed by atoms with Crippen LogP contribution in [0.25, 0.3) is 43.1 Å². The maximum Gasteiger partial charge on any atom is 0.308 e. The van der Waals surface area contributed by atoms with Crippen molar-refractivity contribution in [1.82, 2.24) is 0 Å². The molecular formula is C34H20O8. The Labute approximate surface area is 237 Å². The highest BCUT2D eigenvalue weighted by atomic mass is 16.5. The van der Waals surface area contributed by atoms with Crippen molar-refractivity contribution in [3.8, 4) is 23.0 Å². The molecule has 0 fully saturated rings. The average Bonchev–Trinajstić information content (AvgIpc) is 2.98. The van der Waals surface area contributed by atoms with E-state index in [4.69, 9.17) is 9.47 Å². The van der Waals surface area contributed by atoms with Gasteiger partial charge in [0.1, 0.15) is 23.0 Å².